The topological polar surface area (TPSA) is 59.1 Å². The second-order valence-corrected chi connectivity index (χ2v) is 8.51. The Bertz CT molecular complexity index is 687. The number of likely N-dealkylation sites (N-methyl/N-ethyl adjacent to an activating group) is 2. The Morgan fingerprint density at radius 3 is 1.86 bits per heavy atom. The first-order valence-electron chi connectivity index (χ1n) is 10.1. The Balaban J connectivity index is 1.59. The number of hydrogen-bond donors (Lipinski definition) is 1. The fourth-order valence-electron chi connectivity index (χ4n) is 3.61. The molecule has 1 aromatic carbocycles. The molecule has 0 spiro atoms. The SMILES string of the molecule is CN1CCN(C(=O)C(C)(C)C(=O)Nc2ccc(N3CCN(C)CC3)cc2)CC1. The highest BCUT2D eigenvalue weighted by atomic mass is 16.2. The van der Waals surface area contributed by atoms with Gasteiger partial charge in [-0.05, 0) is 52.2 Å². The summed E-state index contributed by atoms with van der Waals surface area (Å²) in [6.07, 6.45) is 0. The van der Waals surface area contributed by atoms with Crippen molar-refractivity contribution < 1.29 is 9.59 Å². The normalized spacial score (nSPS) is 19.6. The van der Waals surface area contributed by atoms with Gasteiger partial charge in [0.2, 0.25) is 11.8 Å². The van der Waals surface area contributed by atoms with Gasteiger partial charge in [-0.15, -0.1) is 0 Å². The molecule has 1 N–H and O–H groups in total. The van der Waals surface area contributed by atoms with Gasteiger partial charge in [0.1, 0.15) is 5.41 Å². The van der Waals surface area contributed by atoms with Crippen LogP contribution in [0, 0.1) is 5.41 Å². The van der Waals surface area contributed by atoms with E-state index in [2.05, 4.69) is 27.1 Å². The Morgan fingerprint density at radius 1 is 0.821 bits per heavy atom. The fraction of sp³-hybridized carbons (Fsp3) is 0.619. The van der Waals surface area contributed by atoms with Crippen LogP contribution in [0.1, 0.15) is 13.8 Å². The van der Waals surface area contributed by atoms with Crippen LogP contribution >= 0.6 is 0 Å². The number of anilines is 2. The fourth-order valence-corrected chi connectivity index (χ4v) is 3.61. The molecule has 0 saturated carbocycles. The molecular weight excluding hydrogens is 354 g/mol. The van der Waals surface area contributed by atoms with E-state index < -0.39 is 5.41 Å². The molecule has 1 aromatic rings. The second kappa shape index (κ2) is 8.49. The number of carbonyl (C=O) groups is 2. The molecule has 154 valence electrons. The van der Waals surface area contributed by atoms with Crippen molar-refractivity contribution in [2.75, 3.05) is 76.7 Å². The predicted molar refractivity (Wildman–Crippen MR) is 113 cm³/mol. The molecule has 2 aliphatic rings. The zero-order valence-corrected chi connectivity index (χ0v) is 17.6. The Morgan fingerprint density at radius 2 is 1.32 bits per heavy atom. The van der Waals surface area contributed by atoms with E-state index in [1.165, 1.54) is 5.69 Å². The van der Waals surface area contributed by atoms with Gasteiger partial charge in [-0.25, -0.2) is 0 Å². The minimum atomic E-state index is -1.09. The van der Waals surface area contributed by atoms with Crippen LogP contribution in [0.25, 0.3) is 0 Å². The Hall–Kier alpha value is -2.12. The monoisotopic (exact) mass is 387 g/mol. The molecule has 3 rings (SSSR count). The molecule has 0 unspecified atom stereocenters. The van der Waals surface area contributed by atoms with Gasteiger partial charge in [0.15, 0.2) is 0 Å². The number of piperazine rings is 2. The van der Waals surface area contributed by atoms with Crippen LogP contribution < -0.4 is 10.2 Å². The van der Waals surface area contributed by atoms with E-state index >= 15 is 0 Å². The Labute approximate surface area is 168 Å². The average molecular weight is 388 g/mol. The van der Waals surface area contributed by atoms with Crippen LogP contribution in [0.5, 0.6) is 0 Å². The van der Waals surface area contributed by atoms with Crippen LogP contribution in [0.2, 0.25) is 0 Å². The van der Waals surface area contributed by atoms with Crippen molar-refractivity contribution in [3.8, 4) is 0 Å². The maximum atomic E-state index is 12.9. The lowest BCUT2D eigenvalue weighted by molar-refractivity contribution is -0.147. The van der Waals surface area contributed by atoms with Gasteiger partial charge in [0.25, 0.3) is 0 Å². The summed E-state index contributed by atoms with van der Waals surface area (Å²) < 4.78 is 0. The minimum absolute atomic E-state index is 0.104. The van der Waals surface area contributed by atoms with Gasteiger partial charge in [-0.1, -0.05) is 0 Å². The number of nitrogens with one attached hydrogen (secondary N) is 1. The van der Waals surface area contributed by atoms with Gasteiger partial charge in [-0.2, -0.15) is 0 Å². The number of rotatable bonds is 4. The zero-order chi connectivity index (χ0) is 20.3. The maximum Gasteiger partial charge on any atom is 0.239 e. The molecular formula is C21H33N5O2. The lowest BCUT2D eigenvalue weighted by Crippen LogP contribution is -2.53. The summed E-state index contributed by atoms with van der Waals surface area (Å²) in [7, 11) is 4.19. The van der Waals surface area contributed by atoms with Crippen molar-refractivity contribution in [1.82, 2.24) is 14.7 Å². The van der Waals surface area contributed by atoms with Crippen molar-refractivity contribution in [1.29, 1.82) is 0 Å². The standard InChI is InChI=1S/C21H33N5O2/c1-21(2,20(28)26-15-11-24(4)12-16-26)19(27)22-17-5-7-18(8-6-17)25-13-9-23(3)10-14-25/h5-8H,9-16H2,1-4H3,(H,22,27). The Kier molecular flexibility index (Phi) is 6.25. The molecule has 2 amide bonds. The molecule has 0 atom stereocenters. The van der Waals surface area contributed by atoms with Gasteiger partial charge < -0.3 is 24.9 Å². The van der Waals surface area contributed by atoms with E-state index in [9.17, 15) is 9.59 Å². The van der Waals surface area contributed by atoms with Crippen LogP contribution in [-0.4, -0.2) is 93.0 Å². The number of benzene rings is 1. The minimum Gasteiger partial charge on any atom is -0.369 e. The quantitative estimate of drug-likeness (QED) is 0.786. The summed E-state index contributed by atoms with van der Waals surface area (Å²) in [5, 5.41) is 2.92. The third kappa shape index (κ3) is 4.64. The molecule has 0 aromatic heterocycles. The van der Waals surface area contributed by atoms with E-state index in [1.54, 1.807) is 18.7 Å². The number of hydrogen-bond acceptors (Lipinski definition) is 5. The van der Waals surface area contributed by atoms with Crippen molar-refractivity contribution in [3.63, 3.8) is 0 Å². The van der Waals surface area contributed by atoms with Gasteiger partial charge in [0.05, 0.1) is 0 Å². The lowest BCUT2D eigenvalue weighted by Gasteiger charge is -2.36. The third-order valence-electron chi connectivity index (χ3n) is 5.89. The molecule has 2 fully saturated rings. The molecule has 0 aliphatic carbocycles. The van der Waals surface area contributed by atoms with Crippen molar-refractivity contribution in [2.24, 2.45) is 5.41 Å². The molecule has 2 aliphatic heterocycles. The molecule has 7 nitrogen and oxygen atoms in total. The summed E-state index contributed by atoms with van der Waals surface area (Å²) in [4.78, 5) is 34.4. The third-order valence-corrected chi connectivity index (χ3v) is 5.89. The van der Waals surface area contributed by atoms with E-state index in [-0.39, 0.29) is 11.8 Å². The predicted octanol–water partition coefficient (Wildman–Crippen LogP) is 1.18. The largest absolute Gasteiger partial charge is 0.369 e. The summed E-state index contributed by atoms with van der Waals surface area (Å²) in [5.74, 6) is -0.365. The van der Waals surface area contributed by atoms with Gasteiger partial charge in [-0.3, -0.25) is 9.59 Å². The van der Waals surface area contributed by atoms with Gasteiger partial charge in [0, 0.05) is 63.7 Å². The summed E-state index contributed by atoms with van der Waals surface area (Å²) in [6.45, 7) is 10.6. The van der Waals surface area contributed by atoms with Crippen molar-refractivity contribution in [2.45, 2.75) is 13.8 Å². The van der Waals surface area contributed by atoms with Crippen LogP contribution in [0.15, 0.2) is 24.3 Å². The second-order valence-electron chi connectivity index (χ2n) is 8.51. The van der Waals surface area contributed by atoms with Crippen LogP contribution in [-0.2, 0) is 9.59 Å². The van der Waals surface area contributed by atoms with Gasteiger partial charge >= 0.3 is 0 Å². The average Bonchev–Trinajstić information content (AvgIpc) is 2.69. The lowest BCUT2D eigenvalue weighted by atomic mass is 9.89. The molecule has 0 bridgehead atoms. The van der Waals surface area contributed by atoms with Crippen molar-refractivity contribution >= 4 is 23.2 Å². The molecule has 7 heteroatoms. The molecule has 0 radical (unpaired) electrons. The summed E-state index contributed by atoms with van der Waals surface area (Å²) >= 11 is 0. The number of amides is 2. The maximum absolute atomic E-state index is 12.9. The van der Waals surface area contributed by atoms with E-state index in [1.807, 2.05) is 31.3 Å². The molecule has 2 heterocycles. The summed E-state index contributed by atoms with van der Waals surface area (Å²) in [5.41, 5.74) is 0.799. The highest BCUT2D eigenvalue weighted by molar-refractivity contribution is 6.09. The van der Waals surface area contributed by atoms with Crippen LogP contribution in [0.3, 0.4) is 0 Å². The molecule has 2 saturated heterocycles. The first-order chi connectivity index (χ1) is 13.3. The highest BCUT2D eigenvalue weighted by Gasteiger charge is 2.39. The first-order valence-corrected chi connectivity index (χ1v) is 10.1. The van der Waals surface area contributed by atoms with E-state index in [0.717, 1.165) is 45.0 Å². The van der Waals surface area contributed by atoms with Crippen molar-refractivity contribution in [3.05, 3.63) is 24.3 Å². The number of nitrogens with zero attached hydrogens (tertiary/aromatic N) is 4. The van der Waals surface area contributed by atoms with E-state index in [0.29, 0.717) is 13.1 Å². The highest BCUT2D eigenvalue weighted by Crippen LogP contribution is 2.24. The first kappa shape index (κ1) is 20.6. The number of carbonyl (C=O) groups excluding carboxylic acids is 2. The summed E-state index contributed by atoms with van der Waals surface area (Å²) in [6, 6.07) is 7.91. The van der Waals surface area contributed by atoms with Crippen LogP contribution in [0.4, 0.5) is 11.4 Å². The smallest absolute Gasteiger partial charge is 0.239 e. The molecule has 28 heavy (non-hydrogen) atoms. The van der Waals surface area contributed by atoms with E-state index in [4.69, 9.17) is 0 Å². The zero-order valence-electron chi connectivity index (χ0n) is 17.6.